The lowest BCUT2D eigenvalue weighted by Crippen LogP contribution is -2.37. The van der Waals surface area contributed by atoms with E-state index in [1.807, 2.05) is 17.0 Å². The molecule has 2 fully saturated rings. The largest absolute Gasteiger partial charge is 0.397 e. The minimum absolute atomic E-state index is 0.213. The molecular formula is C14H19N3O. The summed E-state index contributed by atoms with van der Waals surface area (Å²) in [5, 5.41) is 0. The minimum Gasteiger partial charge on any atom is -0.397 e. The number of hydrogen-bond acceptors (Lipinski definition) is 3. The third kappa shape index (κ3) is 2.19. The molecule has 0 atom stereocenters. The zero-order chi connectivity index (χ0) is 12.5. The summed E-state index contributed by atoms with van der Waals surface area (Å²) in [7, 11) is 0. The fourth-order valence-electron chi connectivity index (χ4n) is 2.72. The van der Waals surface area contributed by atoms with Crippen molar-refractivity contribution in [2.24, 2.45) is 5.92 Å². The van der Waals surface area contributed by atoms with E-state index < -0.39 is 0 Å². The van der Waals surface area contributed by atoms with Crippen LogP contribution in [0.4, 0.5) is 11.5 Å². The Kier molecular flexibility index (Phi) is 2.94. The molecule has 18 heavy (non-hydrogen) atoms. The van der Waals surface area contributed by atoms with Crippen LogP contribution >= 0.6 is 0 Å². The Balaban J connectivity index is 1.83. The summed E-state index contributed by atoms with van der Waals surface area (Å²) in [5.74, 6) is 1.25. The van der Waals surface area contributed by atoms with E-state index in [1.165, 1.54) is 12.8 Å². The molecule has 3 rings (SSSR count). The second kappa shape index (κ2) is 4.59. The van der Waals surface area contributed by atoms with E-state index >= 15 is 0 Å². The highest BCUT2D eigenvalue weighted by Gasteiger charge is 2.38. The molecule has 2 saturated carbocycles. The molecular weight excluding hydrogens is 226 g/mol. The Morgan fingerprint density at radius 3 is 2.50 bits per heavy atom. The van der Waals surface area contributed by atoms with Gasteiger partial charge in [0, 0.05) is 12.0 Å². The number of pyridine rings is 1. The third-order valence-electron chi connectivity index (χ3n) is 3.87. The van der Waals surface area contributed by atoms with Gasteiger partial charge in [-0.2, -0.15) is 0 Å². The molecule has 0 bridgehead atoms. The van der Waals surface area contributed by atoms with Gasteiger partial charge in [-0.05, 0) is 37.8 Å². The number of aromatic nitrogens is 1. The lowest BCUT2D eigenvalue weighted by Gasteiger charge is -2.24. The van der Waals surface area contributed by atoms with Crippen molar-refractivity contribution < 1.29 is 4.79 Å². The van der Waals surface area contributed by atoms with Gasteiger partial charge in [-0.1, -0.05) is 12.8 Å². The van der Waals surface area contributed by atoms with Gasteiger partial charge in [-0.3, -0.25) is 9.69 Å². The van der Waals surface area contributed by atoms with Crippen molar-refractivity contribution in [2.45, 2.75) is 44.6 Å². The van der Waals surface area contributed by atoms with Gasteiger partial charge in [0.05, 0.1) is 11.9 Å². The van der Waals surface area contributed by atoms with Gasteiger partial charge in [0.1, 0.15) is 5.82 Å². The first kappa shape index (κ1) is 11.5. The maximum atomic E-state index is 12.6. The number of nitrogens with zero attached hydrogens (tertiary/aromatic N) is 2. The molecule has 2 aliphatic carbocycles. The molecule has 1 amide bonds. The predicted molar refractivity (Wildman–Crippen MR) is 71.1 cm³/mol. The highest BCUT2D eigenvalue weighted by atomic mass is 16.2. The molecule has 0 aliphatic heterocycles. The highest BCUT2D eigenvalue weighted by Crippen LogP contribution is 2.35. The van der Waals surface area contributed by atoms with Crippen LogP contribution in [0.5, 0.6) is 0 Å². The first-order valence-electron chi connectivity index (χ1n) is 6.80. The van der Waals surface area contributed by atoms with Crippen LogP contribution in [0.25, 0.3) is 0 Å². The third-order valence-corrected chi connectivity index (χ3v) is 3.87. The van der Waals surface area contributed by atoms with Crippen LogP contribution < -0.4 is 10.6 Å². The predicted octanol–water partition coefficient (Wildman–Crippen LogP) is 2.35. The van der Waals surface area contributed by atoms with Gasteiger partial charge in [0.2, 0.25) is 5.91 Å². The van der Waals surface area contributed by atoms with Crippen LogP contribution in [-0.2, 0) is 4.79 Å². The molecule has 96 valence electrons. The van der Waals surface area contributed by atoms with Gasteiger partial charge in [-0.25, -0.2) is 4.98 Å². The number of hydrogen-bond donors (Lipinski definition) is 1. The summed E-state index contributed by atoms with van der Waals surface area (Å²) in [4.78, 5) is 18.8. The van der Waals surface area contributed by atoms with Crippen LogP contribution in [0.1, 0.15) is 38.5 Å². The Hall–Kier alpha value is -1.58. The number of carbonyl (C=O) groups excluding carboxylic acids is 1. The minimum atomic E-state index is 0.213. The second-order valence-electron chi connectivity index (χ2n) is 5.37. The zero-order valence-electron chi connectivity index (χ0n) is 10.5. The smallest absolute Gasteiger partial charge is 0.231 e. The van der Waals surface area contributed by atoms with Gasteiger partial charge >= 0.3 is 0 Å². The average molecular weight is 245 g/mol. The normalized spacial score (nSPS) is 20.0. The van der Waals surface area contributed by atoms with Crippen molar-refractivity contribution in [1.29, 1.82) is 0 Å². The van der Waals surface area contributed by atoms with Crippen molar-refractivity contribution in [2.75, 3.05) is 10.6 Å². The fourth-order valence-corrected chi connectivity index (χ4v) is 2.72. The first-order valence-corrected chi connectivity index (χ1v) is 6.80. The van der Waals surface area contributed by atoms with E-state index in [4.69, 9.17) is 5.73 Å². The van der Waals surface area contributed by atoms with Gasteiger partial charge < -0.3 is 5.73 Å². The molecule has 2 aliphatic rings. The average Bonchev–Trinajstić information content (AvgIpc) is 3.05. The van der Waals surface area contributed by atoms with Crippen LogP contribution in [0.3, 0.4) is 0 Å². The Morgan fingerprint density at radius 2 is 1.94 bits per heavy atom. The molecule has 0 unspecified atom stereocenters. The second-order valence-corrected chi connectivity index (χ2v) is 5.37. The lowest BCUT2D eigenvalue weighted by molar-refractivity contribution is -0.122. The molecule has 4 nitrogen and oxygen atoms in total. The van der Waals surface area contributed by atoms with Gasteiger partial charge in [0.25, 0.3) is 0 Å². The molecule has 0 spiro atoms. The topological polar surface area (TPSA) is 59.2 Å². The Labute approximate surface area is 107 Å². The van der Waals surface area contributed by atoms with Crippen molar-refractivity contribution >= 4 is 17.4 Å². The first-order chi connectivity index (χ1) is 8.75. The van der Waals surface area contributed by atoms with E-state index in [1.54, 1.807) is 6.20 Å². The summed E-state index contributed by atoms with van der Waals surface area (Å²) in [5.41, 5.74) is 6.29. The molecule has 2 N–H and O–H groups in total. The Morgan fingerprint density at radius 1 is 1.22 bits per heavy atom. The quantitative estimate of drug-likeness (QED) is 0.889. The molecule has 0 saturated heterocycles. The summed E-state index contributed by atoms with van der Waals surface area (Å²) in [6.07, 6.45) is 8.28. The summed E-state index contributed by atoms with van der Waals surface area (Å²) in [6, 6.07) is 4.05. The van der Waals surface area contributed by atoms with Crippen LogP contribution in [0, 0.1) is 5.92 Å². The Bertz CT molecular complexity index is 433. The van der Waals surface area contributed by atoms with Crippen LogP contribution in [0.15, 0.2) is 18.3 Å². The van der Waals surface area contributed by atoms with E-state index in [2.05, 4.69) is 4.98 Å². The summed E-state index contributed by atoms with van der Waals surface area (Å²) >= 11 is 0. The monoisotopic (exact) mass is 245 g/mol. The van der Waals surface area contributed by atoms with E-state index in [0.717, 1.165) is 31.5 Å². The van der Waals surface area contributed by atoms with Crippen LogP contribution in [0.2, 0.25) is 0 Å². The van der Waals surface area contributed by atoms with E-state index in [-0.39, 0.29) is 11.8 Å². The van der Waals surface area contributed by atoms with Crippen molar-refractivity contribution in [1.82, 2.24) is 4.98 Å². The number of anilines is 2. The summed E-state index contributed by atoms with van der Waals surface area (Å²) in [6.45, 7) is 0. The highest BCUT2D eigenvalue weighted by molar-refractivity contribution is 5.95. The maximum absolute atomic E-state index is 12.6. The number of carbonyl (C=O) groups is 1. The van der Waals surface area contributed by atoms with Gasteiger partial charge in [-0.15, -0.1) is 0 Å². The SMILES string of the molecule is Nc1ccc(N(C(=O)C2CCCC2)C2CC2)nc1. The zero-order valence-corrected chi connectivity index (χ0v) is 10.5. The molecule has 0 radical (unpaired) electrons. The van der Waals surface area contributed by atoms with Crippen molar-refractivity contribution in [3.05, 3.63) is 18.3 Å². The molecule has 1 heterocycles. The maximum Gasteiger partial charge on any atom is 0.231 e. The fraction of sp³-hybridized carbons (Fsp3) is 0.571. The molecule has 1 aromatic rings. The number of rotatable bonds is 3. The molecule has 1 aromatic heterocycles. The number of nitrogen functional groups attached to an aromatic ring is 1. The van der Waals surface area contributed by atoms with Crippen molar-refractivity contribution in [3.63, 3.8) is 0 Å². The number of nitrogens with two attached hydrogens (primary N) is 1. The standard InChI is InChI=1S/C14H19N3O/c15-11-5-8-13(16-9-11)17(12-6-7-12)14(18)10-3-1-2-4-10/h5,8-10,12H,1-4,6-7,15H2. The summed E-state index contributed by atoms with van der Waals surface area (Å²) < 4.78 is 0. The molecule has 0 aromatic carbocycles. The van der Waals surface area contributed by atoms with Crippen LogP contribution in [-0.4, -0.2) is 16.9 Å². The van der Waals surface area contributed by atoms with E-state index in [0.29, 0.717) is 11.7 Å². The number of amides is 1. The van der Waals surface area contributed by atoms with Crippen molar-refractivity contribution in [3.8, 4) is 0 Å². The molecule has 4 heteroatoms. The van der Waals surface area contributed by atoms with Gasteiger partial charge in [0.15, 0.2) is 0 Å². The van der Waals surface area contributed by atoms with E-state index in [9.17, 15) is 4.79 Å². The lowest BCUT2D eigenvalue weighted by atomic mass is 10.1.